The highest BCUT2D eigenvalue weighted by molar-refractivity contribution is 7.98. The van der Waals surface area contributed by atoms with E-state index in [9.17, 15) is 4.79 Å². The van der Waals surface area contributed by atoms with Gasteiger partial charge >= 0.3 is 6.03 Å². The number of para-hydroxylation sites is 1. The number of nitrogens with zero attached hydrogens (tertiary/aromatic N) is 2. The predicted molar refractivity (Wildman–Crippen MR) is 73.7 cm³/mol. The van der Waals surface area contributed by atoms with E-state index in [1.165, 1.54) is 5.56 Å². The first-order chi connectivity index (χ1) is 8.24. The topological polar surface area (TPSA) is 23.6 Å². The number of hydrogen-bond acceptors (Lipinski definition) is 2. The molecule has 0 fully saturated rings. The Morgan fingerprint density at radius 3 is 2.88 bits per heavy atom. The lowest BCUT2D eigenvalue weighted by molar-refractivity contribution is 0.210. The van der Waals surface area contributed by atoms with Gasteiger partial charge in [-0.1, -0.05) is 18.2 Å². The second kappa shape index (κ2) is 5.45. The van der Waals surface area contributed by atoms with E-state index >= 15 is 0 Å². The van der Waals surface area contributed by atoms with Crippen LogP contribution >= 0.6 is 11.8 Å². The molecule has 4 heteroatoms. The predicted octanol–water partition coefficient (Wildman–Crippen LogP) is 2.81. The zero-order valence-electron chi connectivity index (χ0n) is 10.3. The Morgan fingerprint density at radius 1 is 1.35 bits per heavy atom. The molecule has 1 aromatic carbocycles. The Morgan fingerprint density at radius 2 is 2.12 bits per heavy atom. The fraction of sp³-hybridized carbons (Fsp3) is 0.462. The third kappa shape index (κ3) is 2.57. The molecule has 92 valence electrons. The van der Waals surface area contributed by atoms with Gasteiger partial charge in [-0.15, -0.1) is 0 Å². The minimum Gasteiger partial charge on any atom is -0.323 e. The van der Waals surface area contributed by atoms with Crippen LogP contribution < -0.4 is 4.90 Å². The van der Waals surface area contributed by atoms with Crippen molar-refractivity contribution in [2.24, 2.45) is 0 Å². The first kappa shape index (κ1) is 12.3. The van der Waals surface area contributed by atoms with Crippen molar-refractivity contribution in [3.63, 3.8) is 0 Å². The molecule has 1 heterocycles. The number of benzene rings is 1. The van der Waals surface area contributed by atoms with Crippen LogP contribution in [0.5, 0.6) is 0 Å². The van der Waals surface area contributed by atoms with Crippen LogP contribution in [0.3, 0.4) is 0 Å². The molecule has 0 aromatic heterocycles. The molecule has 2 rings (SSSR count). The molecule has 0 saturated carbocycles. The number of thioether (sulfide) groups is 1. The molecule has 0 spiro atoms. The van der Waals surface area contributed by atoms with E-state index in [0.717, 1.165) is 24.4 Å². The van der Waals surface area contributed by atoms with Gasteiger partial charge in [0.2, 0.25) is 0 Å². The van der Waals surface area contributed by atoms with Gasteiger partial charge in [-0.2, -0.15) is 11.8 Å². The Bertz CT molecular complexity index is 408. The van der Waals surface area contributed by atoms with Crippen molar-refractivity contribution < 1.29 is 4.79 Å². The van der Waals surface area contributed by atoms with Crippen LogP contribution in [-0.4, -0.2) is 36.5 Å². The summed E-state index contributed by atoms with van der Waals surface area (Å²) in [5.41, 5.74) is 2.32. The summed E-state index contributed by atoms with van der Waals surface area (Å²) >= 11 is 1.82. The maximum Gasteiger partial charge on any atom is 0.324 e. The quantitative estimate of drug-likeness (QED) is 0.767. The lowest BCUT2D eigenvalue weighted by Gasteiger charge is -2.35. The molecule has 17 heavy (non-hydrogen) atoms. The Kier molecular flexibility index (Phi) is 3.94. The molecule has 0 bridgehead atoms. The maximum atomic E-state index is 12.1. The first-order valence-electron chi connectivity index (χ1n) is 5.83. The Hall–Kier alpha value is -1.16. The number of carbonyl (C=O) groups excluding carboxylic acids is 1. The number of hydrogen-bond donors (Lipinski definition) is 0. The van der Waals surface area contributed by atoms with Crippen molar-refractivity contribution in [1.29, 1.82) is 0 Å². The average molecular weight is 250 g/mol. The number of carbonyl (C=O) groups is 1. The van der Waals surface area contributed by atoms with Gasteiger partial charge in [0.1, 0.15) is 0 Å². The number of rotatable bonds is 4. The van der Waals surface area contributed by atoms with E-state index in [1.54, 1.807) is 4.90 Å². The van der Waals surface area contributed by atoms with Crippen molar-refractivity contribution in [3.05, 3.63) is 29.8 Å². The second-order valence-corrected chi connectivity index (χ2v) is 5.25. The summed E-state index contributed by atoms with van der Waals surface area (Å²) < 4.78 is 0. The van der Waals surface area contributed by atoms with Crippen molar-refractivity contribution in [3.8, 4) is 0 Å². The van der Waals surface area contributed by atoms with E-state index < -0.39 is 0 Å². The largest absolute Gasteiger partial charge is 0.324 e. The van der Waals surface area contributed by atoms with E-state index in [4.69, 9.17) is 0 Å². The summed E-state index contributed by atoms with van der Waals surface area (Å²) in [6.07, 6.45) is 3.13. The van der Waals surface area contributed by atoms with Crippen LogP contribution in [0.15, 0.2) is 24.3 Å². The molecular formula is C13H18N2OS. The third-order valence-electron chi connectivity index (χ3n) is 2.98. The van der Waals surface area contributed by atoms with Gasteiger partial charge in [-0.25, -0.2) is 4.79 Å². The van der Waals surface area contributed by atoms with Gasteiger partial charge in [0, 0.05) is 20.1 Å². The number of urea groups is 1. The van der Waals surface area contributed by atoms with Crippen LogP contribution in [0.2, 0.25) is 0 Å². The lowest BCUT2D eigenvalue weighted by atomic mass is 10.1. The molecule has 1 aliphatic rings. The van der Waals surface area contributed by atoms with Gasteiger partial charge in [-0.3, -0.25) is 4.90 Å². The van der Waals surface area contributed by atoms with E-state index in [1.807, 2.05) is 41.9 Å². The molecule has 3 nitrogen and oxygen atoms in total. The van der Waals surface area contributed by atoms with Crippen LogP contribution in [0.1, 0.15) is 12.0 Å². The minimum absolute atomic E-state index is 0.116. The molecule has 1 aromatic rings. The molecular weight excluding hydrogens is 232 g/mol. The molecule has 2 amide bonds. The summed E-state index contributed by atoms with van der Waals surface area (Å²) in [7, 11) is 1.86. The van der Waals surface area contributed by atoms with Crippen molar-refractivity contribution in [2.45, 2.75) is 13.0 Å². The fourth-order valence-electron chi connectivity index (χ4n) is 2.12. The second-order valence-electron chi connectivity index (χ2n) is 4.27. The van der Waals surface area contributed by atoms with Crippen LogP contribution in [-0.2, 0) is 6.54 Å². The van der Waals surface area contributed by atoms with Gasteiger partial charge in [0.15, 0.2) is 0 Å². The van der Waals surface area contributed by atoms with Crippen LogP contribution in [0, 0.1) is 0 Å². The highest BCUT2D eigenvalue weighted by Crippen LogP contribution is 2.27. The number of amides is 2. The number of anilines is 1. The molecule has 0 radical (unpaired) electrons. The summed E-state index contributed by atoms with van der Waals surface area (Å²) in [6, 6.07) is 8.28. The molecule has 0 atom stereocenters. The molecule has 0 N–H and O–H groups in total. The lowest BCUT2D eigenvalue weighted by Crippen LogP contribution is -2.45. The Labute approximate surface area is 107 Å². The zero-order chi connectivity index (χ0) is 12.3. The molecule has 0 unspecified atom stereocenters. The normalized spacial score (nSPS) is 15.1. The van der Waals surface area contributed by atoms with Gasteiger partial charge in [-0.05, 0) is 30.1 Å². The maximum absolute atomic E-state index is 12.1. The van der Waals surface area contributed by atoms with E-state index in [-0.39, 0.29) is 6.03 Å². The first-order valence-corrected chi connectivity index (χ1v) is 7.23. The fourth-order valence-corrected chi connectivity index (χ4v) is 2.54. The SMILES string of the molecule is CSCCCN1C(=O)N(C)Cc2ccccc21. The van der Waals surface area contributed by atoms with Gasteiger partial charge in [0.25, 0.3) is 0 Å². The van der Waals surface area contributed by atoms with Crippen molar-refractivity contribution >= 4 is 23.5 Å². The van der Waals surface area contributed by atoms with Gasteiger partial charge < -0.3 is 4.90 Å². The van der Waals surface area contributed by atoms with Crippen molar-refractivity contribution in [1.82, 2.24) is 4.90 Å². The highest BCUT2D eigenvalue weighted by Gasteiger charge is 2.26. The zero-order valence-corrected chi connectivity index (χ0v) is 11.2. The summed E-state index contributed by atoms with van der Waals surface area (Å²) in [4.78, 5) is 15.8. The summed E-state index contributed by atoms with van der Waals surface area (Å²) in [5.74, 6) is 1.09. The number of fused-ring (bicyclic) bond motifs is 1. The summed E-state index contributed by atoms with van der Waals surface area (Å²) in [6.45, 7) is 1.52. The Balaban J connectivity index is 2.20. The standard InChI is InChI=1S/C13H18N2OS/c1-14-10-11-6-3-4-7-12(11)15(13(14)16)8-5-9-17-2/h3-4,6-7H,5,8-10H2,1-2H3. The van der Waals surface area contributed by atoms with Crippen LogP contribution in [0.25, 0.3) is 0 Å². The minimum atomic E-state index is 0.116. The molecule has 0 aliphatic carbocycles. The van der Waals surface area contributed by atoms with E-state index in [0.29, 0.717) is 6.54 Å². The molecule has 0 saturated heterocycles. The van der Waals surface area contributed by atoms with Crippen LogP contribution in [0.4, 0.5) is 10.5 Å². The third-order valence-corrected chi connectivity index (χ3v) is 3.67. The van der Waals surface area contributed by atoms with E-state index in [2.05, 4.69) is 12.3 Å². The molecule has 1 aliphatic heterocycles. The average Bonchev–Trinajstić information content (AvgIpc) is 2.34. The monoisotopic (exact) mass is 250 g/mol. The summed E-state index contributed by atoms with van der Waals surface area (Å²) in [5, 5.41) is 0. The smallest absolute Gasteiger partial charge is 0.323 e. The van der Waals surface area contributed by atoms with Crippen molar-refractivity contribution in [2.75, 3.05) is 30.5 Å². The van der Waals surface area contributed by atoms with Gasteiger partial charge in [0.05, 0.1) is 5.69 Å². The highest BCUT2D eigenvalue weighted by atomic mass is 32.2.